The highest BCUT2D eigenvalue weighted by Crippen LogP contribution is 2.66. The number of anilines is 1. The van der Waals surface area contributed by atoms with Gasteiger partial charge in [0.05, 0.1) is 29.2 Å². The van der Waals surface area contributed by atoms with Gasteiger partial charge in [-0.2, -0.15) is 0 Å². The minimum atomic E-state index is -0.976. The van der Waals surface area contributed by atoms with Crippen LogP contribution in [0.4, 0.5) is 5.69 Å². The Kier molecular flexibility index (Phi) is 7.84. The third kappa shape index (κ3) is 4.71. The van der Waals surface area contributed by atoms with E-state index in [-0.39, 0.29) is 30.2 Å². The number of nitrogens with zero attached hydrogens (tertiary/aromatic N) is 3. The van der Waals surface area contributed by atoms with Crippen LogP contribution in [0.5, 0.6) is 0 Å². The molecule has 0 radical (unpaired) electrons. The molecule has 1 spiro atoms. The number of hydrogen-bond acceptors (Lipinski definition) is 5. The first kappa shape index (κ1) is 30.8. The Morgan fingerprint density at radius 3 is 2.33 bits per heavy atom. The lowest BCUT2D eigenvalue weighted by atomic mass is 9.74. The molecule has 238 valence electrons. The van der Waals surface area contributed by atoms with Gasteiger partial charge in [0.25, 0.3) is 5.91 Å². The SMILES string of the molecule is CC[C@H](C)[C@H](CO)N1C(=O)[C@@H]2[C@@H]3C(=O)N(Cc4ccccc4)CC=C[C@]3(C)S[C@@]23C=CCN(c2ccc4ccccc4c2)C(=O)C13. The molecule has 8 heteroatoms. The van der Waals surface area contributed by atoms with Gasteiger partial charge in [-0.05, 0) is 41.3 Å². The van der Waals surface area contributed by atoms with Crippen molar-refractivity contribution < 1.29 is 19.5 Å². The van der Waals surface area contributed by atoms with E-state index in [1.165, 1.54) is 0 Å². The second-order valence-corrected chi connectivity index (χ2v) is 15.2. The van der Waals surface area contributed by atoms with E-state index < -0.39 is 33.4 Å². The molecule has 0 saturated carbocycles. The van der Waals surface area contributed by atoms with E-state index in [4.69, 9.17) is 0 Å². The first-order chi connectivity index (χ1) is 22.2. The van der Waals surface area contributed by atoms with E-state index in [1.54, 1.807) is 21.6 Å². The number of carbonyl (C=O) groups is 3. The van der Waals surface area contributed by atoms with E-state index in [9.17, 15) is 14.7 Å². The van der Waals surface area contributed by atoms with Crippen LogP contribution in [0, 0.1) is 17.8 Å². The topological polar surface area (TPSA) is 81.2 Å². The van der Waals surface area contributed by atoms with Crippen molar-refractivity contribution in [3.8, 4) is 0 Å². The number of benzene rings is 3. The predicted molar refractivity (Wildman–Crippen MR) is 183 cm³/mol. The standard InChI is InChI=1S/C38H41N3O4S/c1-4-25(2)30(24-42)41-33-36(45)40(29-17-16-27-14-8-9-15-28(27)22-29)21-11-19-38(33)32(35(41)44)31-34(43)39(20-10-18-37(31,3)46-38)23-26-12-6-5-7-13-26/h5-19,22,25,30-33,42H,4,20-21,23-24H2,1-3H3/t25-,30-,31+,32-,33?,37-,38-/m0/s1. The van der Waals surface area contributed by atoms with E-state index in [2.05, 4.69) is 12.2 Å². The van der Waals surface area contributed by atoms with Gasteiger partial charge in [0.2, 0.25) is 11.8 Å². The highest BCUT2D eigenvalue weighted by atomic mass is 32.2. The van der Waals surface area contributed by atoms with Gasteiger partial charge in [0.1, 0.15) is 6.04 Å². The van der Waals surface area contributed by atoms with Crippen LogP contribution in [-0.2, 0) is 20.9 Å². The molecule has 4 aliphatic heterocycles. The smallest absolute Gasteiger partial charge is 0.251 e. The molecule has 1 N–H and O–H groups in total. The zero-order valence-corrected chi connectivity index (χ0v) is 27.4. The van der Waals surface area contributed by atoms with Crippen molar-refractivity contribution in [2.45, 2.75) is 55.3 Å². The number of aliphatic hydroxyl groups is 1. The fourth-order valence-electron chi connectivity index (χ4n) is 8.21. The summed E-state index contributed by atoms with van der Waals surface area (Å²) >= 11 is 1.58. The minimum Gasteiger partial charge on any atom is -0.394 e. The van der Waals surface area contributed by atoms with Gasteiger partial charge in [0, 0.05) is 30.1 Å². The Labute approximate surface area is 274 Å². The third-order valence-corrected chi connectivity index (χ3v) is 12.5. The first-order valence-electron chi connectivity index (χ1n) is 16.3. The van der Waals surface area contributed by atoms with Gasteiger partial charge in [-0.25, -0.2) is 0 Å². The molecule has 7 rings (SSSR count). The Morgan fingerprint density at radius 1 is 0.870 bits per heavy atom. The number of carbonyl (C=O) groups excluding carboxylic acids is 3. The predicted octanol–water partition coefficient (Wildman–Crippen LogP) is 5.44. The summed E-state index contributed by atoms with van der Waals surface area (Å²) in [5.41, 5.74) is 1.79. The summed E-state index contributed by atoms with van der Waals surface area (Å²) in [7, 11) is 0. The van der Waals surface area contributed by atoms with E-state index in [1.807, 2.05) is 111 Å². The van der Waals surface area contributed by atoms with Crippen molar-refractivity contribution in [2.24, 2.45) is 17.8 Å². The molecule has 4 heterocycles. The highest BCUT2D eigenvalue weighted by Gasteiger charge is 2.74. The Bertz CT molecular complexity index is 1740. The summed E-state index contributed by atoms with van der Waals surface area (Å²) in [5.74, 6) is -1.93. The molecule has 3 aromatic rings. The lowest BCUT2D eigenvalue weighted by molar-refractivity contribution is -0.146. The summed E-state index contributed by atoms with van der Waals surface area (Å²) in [6.45, 7) is 7.10. The summed E-state index contributed by atoms with van der Waals surface area (Å²) < 4.78 is -1.67. The fourth-order valence-corrected chi connectivity index (χ4v) is 10.3. The fraction of sp³-hybridized carbons (Fsp3) is 0.395. The second-order valence-electron chi connectivity index (χ2n) is 13.4. The van der Waals surface area contributed by atoms with Crippen molar-refractivity contribution in [1.82, 2.24) is 9.80 Å². The van der Waals surface area contributed by atoms with E-state index in [0.717, 1.165) is 28.4 Å². The van der Waals surface area contributed by atoms with Gasteiger partial charge in [-0.1, -0.05) is 105 Å². The molecule has 46 heavy (non-hydrogen) atoms. The molecule has 0 aromatic heterocycles. The minimum absolute atomic E-state index is 0.0466. The molecular weight excluding hydrogens is 595 g/mol. The molecule has 2 fully saturated rings. The Morgan fingerprint density at radius 2 is 1.59 bits per heavy atom. The molecule has 7 nitrogen and oxygen atoms in total. The number of rotatable bonds is 7. The van der Waals surface area contributed by atoms with Crippen molar-refractivity contribution in [1.29, 1.82) is 0 Å². The summed E-state index contributed by atoms with van der Waals surface area (Å²) in [4.78, 5) is 49.9. The average molecular weight is 636 g/mol. The van der Waals surface area contributed by atoms with E-state index in [0.29, 0.717) is 19.6 Å². The lowest BCUT2D eigenvalue weighted by Gasteiger charge is -2.41. The summed E-state index contributed by atoms with van der Waals surface area (Å²) in [6, 6.07) is 22.5. The zero-order valence-electron chi connectivity index (χ0n) is 26.6. The summed E-state index contributed by atoms with van der Waals surface area (Å²) in [6.07, 6.45) is 8.93. The van der Waals surface area contributed by atoms with Crippen LogP contribution in [0.1, 0.15) is 32.8 Å². The van der Waals surface area contributed by atoms with Crippen LogP contribution in [0.2, 0.25) is 0 Å². The van der Waals surface area contributed by atoms with Gasteiger partial charge in [0.15, 0.2) is 0 Å². The quantitative estimate of drug-likeness (QED) is 0.350. The maximum Gasteiger partial charge on any atom is 0.251 e. The maximum atomic E-state index is 15.0. The molecule has 3 aromatic carbocycles. The first-order valence-corrected chi connectivity index (χ1v) is 17.2. The van der Waals surface area contributed by atoms with Crippen LogP contribution in [0.25, 0.3) is 10.8 Å². The number of fused-ring (bicyclic) bond motifs is 3. The Hall–Kier alpha value is -3.88. The number of aliphatic hydroxyl groups excluding tert-OH is 1. The molecule has 0 aliphatic carbocycles. The molecule has 3 amide bonds. The molecular formula is C38H41N3O4S. The monoisotopic (exact) mass is 635 g/mol. The molecule has 2 saturated heterocycles. The van der Waals surface area contributed by atoms with Crippen LogP contribution in [0.15, 0.2) is 97.1 Å². The van der Waals surface area contributed by atoms with Crippen LogP contribution < -0.4 is 4.90 Å². The maximum absolute atomic E-state index is 15.0. The number of likely N-dealkylation sites (tertiary alicyclic amines) is 1. The second kappa shape index (κ2) is 11.7. The molecule has 0 bridgehead atoms. The largest absolute Gasteiger partial charge is 0.394 e. The Balaban J connectivity index is 1.34. The van der Waals surface area contributed by atoms with Crippen molar-refractivity contribution in [3.63, 3.8) is 0 Å². The third-order valence-electron chi connectivity index (χ3n) is 10.7. The van der Waals surface area contributed by atoms with Gasteiger partial charge >= 0.3 is 0 Å². The van der Waals surface area contributed by atoms with Gasteiger partial charge in [-0.15, -0.1) is 11.8 Å². The normalized spacial score (nSPS) is 30.2. The molecule has 1 unspecified atom stereocenters. The van der Waals surface area contributed by atoms with Gasteiger partial charge < -0.3 is 19.8 Å². The van der Waals surface area contributed by atoms with Crippen molar-refractivity contribution in [2.75, 3.05) is 24.6 Å². The summed E-state index contributed by atoms with van der Waals surface area (Å²) in [5, 5.41) is 12.9. The van der Waals surface area contributed by atoms with Crippen molar-refractivity contribution in [3.05, 3.63) is 103 Å². The highest BCUT2D eigenvalue weighted by molar-refractivity contribution is 8.02. The lowest BCUT2D eigenvalue weighted by Crippen LogP contribution is -2.58. The van der Waals surface area contributed by atoms with Gasteiger partial charge in [-0.3, -0.25) is 14.4 Å². The number of thioether (sulfide) groups is 1. The van der Waals surface area contributed by atoms with Crippen LogP contribution >= 0.6 is 11.8 Å². The van der Waals surface area contributed by atoms with Crippen molar-refractivity contribution >= 4 is 45.9 Å². The molecule has 4 aliphatic rings. The van der Waals surface area contributed by atoms with E-state index >= 15 is 4.79 Å². The van der Waals surface area contributed by atoms with Crippen LogP contribution in [-0.4, -0.2) is 73.9 Å². The number of hydrogen-bond donors (Lipinski definition) is 1. The number of amides is 3. The molecule has 7 atom stereocenters. The van der Waals surface area contributed by atoms with Crippen LogP contribution in [0.3, 0.4) is 0 Å². The average Bonchev–Trinajstić information content (AvgIpc) is 3.34. The zero-order chi connectivity index (χ0) is 32.2.